The Balaban J connectivity index is 1.98. The van der Waals surface area contributed by atoms with Crippen molar-refractivity contribution in [3.8, 4) is 0 Å². The highest BCUT2D eigenvalue weighted by Gasteiger charge is 2.21. The SMILES string of the molecule is CCN(CC)c1ccc(NC2CCCSC2C)cc1. The first-order chi connectivity index (χ1) is 9.24. The van der Waals surface area contributed by atoms with E-state index < -0.39 is 0 Å². The zero-order valence-corrected chi connectivity index (χ0v) is 13.2. The fourth-order valence-corrected chi connectivity index (χ4v) is 3.83. The van der Waals surface area contributed by atoms with Crippen LogP contribution in [-0.4, -0.2) is 30.1 Å². The zero-order chi connectivity index (χ0) is 13.7. The summed E-state index contributed by atoms with van der Waals surface area (Å²) in [5.74, 6) is 1.32. The molecule has 0 aliphatic carbocycles. The average Bonchev–Trinajstić information content (AvgIpc) is 2.44. The predicted molar refractivity (Wildman–Crippen MR) is 88.6 cm³/mol. The van der Waals surface area contributed by atoms with Crippen molar-refractivity contribution in [1.82, 2.24) is 0 Å². The maximum atomic E-state index is 3.69. The molecule has 1 N–H and O–H groups in total. The van der Waals surface area contributed by atoms with Gasteiger partial charge in [-0.05, 0) is 56.7 Å². The van der Waals surface area contributed by atoms with Crippen molar-refractivity contribution in [2.45, 2.75) is 44.9 Å². The minimum Gasteiger partial charge on any atom is -0.381 e. The lowest BCUT2D eigenvalue weighted by Gasteiger charge is -2.30. The largest absolute Gasteiger partial charge is 0.381 e. The molecule has 19 heavy (non-hydrogen) atoms. The van der Waals surface area contributed by atoms with E-state index in [4.69, 9.17) is 0 Å². The van der Waals surface area contributed by atoms with Crippen LogP contribution in [-0.2, 0) is 0 Å². The molecule has 1 aromatic rings. The second-order valence-corrected chi connectivity index (χ2v) is 6.67. The van der Waals surface area contributed by atoms with Crippen LogP contribution in [0.5, 0.6) is 0 Å². The van der Waals surface area contributed by atoms with E-state index in [1.165, 1.54) is 30.0 Å². The Morgan fingerprint density at radius 2 is 1.89 bits per heavy atom. The Morgan fingerprint density at radius 3 is 2.47 bits per heavy atom. The smallest absolute Gasteiger partial charge is 0.0377 e. The van der Waals surface area contributed by atoms with Gasteiger partial charge in [-0.15, -0.1) is 0 Å². The van der Waals surface area contributed by atoms with Crippen LogP contribution in [0.3, 0.4) is 0 Å². The average molecular weight is 278 g/mol. The van der Waals surface area contributed by atoms with E-state index in [2.05, 4.69) is 67.0 Å². The maximum absolute atomic E-state index is 3.69. The third-order valence-corrected chi connectivity index (χ3v) is 5.33. The third-order valence-electron chi connectivity index (χ3n) is 3.95. The van der Waals surface area contributed by atoms with Gasteiger partial charge in [0, 0.05) is 35.8 Å². The summed E-state index contributed by atoms with van der Waals surface area (Å²) in [7, 11) is 0. The Bertz CT molecular complexity index is 373. The summed E-state index contributed by atoms with van der Waals surface area (Å²) in [6, 6.07) is 9.53. The molecular weight excluding hydrogens is 252 g/mol. The number of thioether (sulfide) groups is 1. The second kappa shape index (κ2) is 7.09. The van der Waals surface area contributed by atoms with Crippen LogP contribution in [0, 0.1) is 0 Å². The van der Waals surface area contributed by atoms with E-state index in [1.807, 2.05) is 0 Å². The minimum absolute atomic E-state index is 0.623. The van der Waals surface area contributed by atoms with E-state index in [0.29, 0.717) is 6.04 Å². The van der Waals surface area contributed by atoms with Gasteiger partial charge in [-0.3, -0.25) is 0 Å². The summed E-state index contributed by atoms with van der Waals surface area (Å²) in [5, 5.41) is 4.41. The molecule has 0 aromatic heterocycles. The molecule has 2 rings (SSSR count). The molecule has 0 radical (unpaired) electrons. The van der Waals surface area contributed by atoms with Gasteiger partial charge in [-0.25, -0.2) is 0 Å². The van der Waals surface area contributed by atoms with Crippen molar-refractivity contribution >= 4 is 23.1 Å². The van der Waals surface area contributed by atoms with Gasteiger partial charge in [0.15, 0.2) is 0 Å². The highest BCUT2D eigenvalue weighted by molar-refractivity contribution is 8.00. The van der Waals surface area contributed by atoms with E-state index in [0.717, 1.165) is 18.3 Å². The lowest BCUT2D eigenvalue weighted by atomic mass is 10.1. The van der Waals surface area contributed by atoms with Crippen molar-refractivity contribution in [2.24, 2.45) is 0 Å². The van der Waals surface area contributed by atoms with Gasteiger partial charge in [0.1, 0.15) is 0 Å². The molecule has 0 spiro atoms. The van der Waals surface area contributed by atoms with Gasteiger partial charge >= 0.3 is 0 Å². The molecule has 1 saturated heterocycles. The molecule has 2 unspecified atom stereocenters. The molecule has 1 heterocycles. The number of hydrogen-bond donors (Lipinski definition) is 1. The van der Waals surface area contributed by atoms with Gasteiger partial charge in [0.05, 0.1) is 0 Å². The molecule has 106 valence electrons. The number of benzene rings is 1. The molecule has 0 bridgehead atoms. The first-order valence-corrected chi connectivity index (χ1v) is 8.52. The lowest BCUT2D eigenvalue weighted by Crippen LogP contribution is -2.32. The van der Waals surface area contributed by atoms with Crippen LogP contribution >= 0.6 is 11.8 Å². The third kappa shape index (κ3) is 3.82. The van der Waals surface area contributed by atoms with Crippen LogP contribution in [0.2, 0.25) is 0 Å². The molecule has 1 aliphatic rings. The van der Waals surface area contributed by atoms with Gasteiger partial charge < -0.3 is 10.2 Å². The second-order valence-electron chi connectivity index (χ2n) is 5.19. The molecule has 2 nitrogen and oxygen atoms in total. The van der Waals surface area contributed by atoms with Crippen molar-refractivity contribution < 1.29 is 0 Å². The predicted octanol–water partition coefficient (Wildman–Crippen LogP) is 4.23. The first kappa shape index (κ1) is 14.6. The van der Waals surface area contributed by atoms with E-state index in [1.54, 1.807) is 0 Å². The van der Waals surface area contributed by atoms with Gasteiger partial charge in [0.25, 0.3) is 0 Å². The van der Waals surface area contributed by atoms with Crippen LogP contribution < -0.4 is 10.2 Å². The highest BCUT2D eigenvalue weighted by atomic mass is 32.2. The summed E-state index contributed by atoms with van der Waals surface area (Å²) in [5.41, 5.74) is 2.58. The van der Waals surface area contributed by atoms with Gasteiger partial charge in [0.2, 0.25) is 0 Å². The standard InChI is InChI=1S/C16H26N2S/c1-4-18(5-2)15-10-8-14(9-11-15)17-16-7-6-12-19-13(16)3/h8-11,13,16-17H,4-7,12H2,1-3H3. The molecule has 2 atom stereocenters. The molecular formula is C16H26N2S. The Hall–Kier alpha value is -0.830. The summed E-state index contributed by atoms with van der Waals surface area (Å²) >= 11 is 2.09. The summed E-state index contributed by atoms with van der Waals surface area (Å²) in [6.07, 6.45) is 2.64. The number of anilines is 2. The van der Waals surface area contributed by atoms with Gasteiger partial charge in [-0.2, -0.15) is 11.8 Å². The van der Waals surface area contributed by atoms with Crippen molar-refractivity contribution in [3.63, 3.8) is 0 Å². The van der Waals surface area contributed by atoms with Crippen LogP contribution in [0.15, 0.2) is 24.3 Å². The van der Waals surface area contributed by atoms with E-state index in [9.17, 15) is 0 Å². The van der Waals surface area contributed by atoms with Crippen LogP contribution in [0.25, 0.3) is 0 Å². The molecule has 3 heteroatoms. The van der Waals surface area contributed by atoms with Crippen LogP contribution in [0.1, 0.15) is 33.6 Å². The Morgan fingerprint density at radius 1 is 1.21 bits per heavy atom. The van der Waals surface area contributed by atoms with Crippen molar-refractivity contribution in [1.29, 1.82) is 0 Å². The Kier molecular flexibility index (Phi) is 5.44. The first-order valence-electron chi connectivity index (χ1n) is 7.47. The quantitative estimate of drug-likeness (QED) is 0.867. The summed E-state index contributed by atoms with van der Waals surface area (Å²) in [4.78, 5) is 2.38. The molecule has 1 aromatic carbocycles. The molecule has 0 saturated carbocycles. The number of nitrogens with zero attached hydrogens (tertiary/aromatic N) is 1. The molecule has 0 amide bonds. The van der Waals surface area contributed by atoms with Crippen molar-refractivity contribution in [3.05, 3.63) is 24.3 Å². The fraction of sp³-hybridized carbons (Fsp3) is 0.625. The lowest BCUT2D eigenvalue weighted by molar-refractivity contribution is 0.617. The van der Waals surface area contributed by atoms with Crippen LogP contribution in [0.4, 0.5) is 11.4 Å². The number of nitrogens with one attached hydrogen (secondary N) is 1. The monoisotopic (exact) mass is 278 g/mol. The maximum Gasteiger partial charge on any atom is 0.0377 e. The normalized spacial score (nSPS) is 23.1. The van der Waals surface area contributed by atoms with Gasteiger partial charge in [-0.1, -0.05) is 6.92 Å². The summed E-state index contributed by atoms with van der Waals surface area (Å²) < 4.78 is 0. The Labute approximate surface area is 122 Å². The molecule has 1 aliphatic heterocycles. The highest BCUT2D eigenvalue weighted by Crippen LogP contribution is 2.28. The number of hydrogen-bond acceptors (Lipinski definition) is 3. The fourth-order valence-electron chi connectivity index (χ4n) is 2.68. The summed E-state index contributed by atoms with van der Waals surface area (Å²) in [6.45, 7) is 8.89. The molecule has 1 fully saturated rings. The van der Waals surface area contributed by atoms with E-state index >= 15 is 0 Å². The zero-order valence-electron chi connectivity index (χ0n) is 12.4. The van der Waals surface area contributed by atoms with Crippen molar-refractivity contribution in [2.75, 3.05) is 29.1 Å². The number of rotatable bonds is 5. The van der Waals surface area contributed by atoms with E-state index in [-0.39, 0.29) is 0 Å². The topological polar surface area (TPSA) is 15.3 Å². The minimum atomic E-state index is 0.623.